The van der Waals surface area contributed by atoms with Crippen LogP contribution in [0.4, 0.5) is 0 Å². The summed E-state index contributed by atoms with van der Waals surface area (Å²) in [7, 11) is 0. The molecule has 0 atom stereocenters. The van der Waals surface area contributed by atoms with E-state index in [9.17, 15) is 19.5 Å². The first-order chi connectivity index (χ1) is 14.8. The molecule has 1 aliphatic rings. The Bertz CT molecular complexity index is 996. The summed E-state index contributed by atoms with van der Waals surface area (Å²) in [6.07, 6.45) is 0.124. The number of hydrogen-bond donors (Lipinski definition) is 3. The highest BCUT2D eigenvalue weighted by Gasteiger charge is 2.32. The number of carbonyl (C=O) groups is 3. The first-order valence-corrected chi connectivity index (χ1v) is 9.82. The molecule has 0 radical (unpaired) electrons. The van der Waals surface area contributed by atoms with Crippen LogP contribution in [0.15, 0.2) is 59.9 Å². The van der Waals surface area contributed by atoms with Crippen molar-refractivity contribution in [3.63, 3.8) is 0 Å². The highest BCUT2D eigenvalue weighted by molar-refractivity contribution is 6.19. The van der Waals surface area contributed by atoms with Crippen LogP contribution in [-0.2, 0) is 27.5 Å². The Balaban J connectivity index is 1.59. The number of ether oxygens (including phenoxy) is 1. The predicted octanol–water partition coefficient (Wildman–Crippen LogP) is 2.32. The van der Waals surface area contributed by atoms with Crippen LogP contribution in [0.3, 0.4) is 0 Å². The molecule has 8 heteroatoms. The molecule has 8 nitrogen and oxygen atoms in total. The summed E-state index contributed by atoms with van der Waals surface area (Å²) in [5.41, 5.74) is 2.67. The molecule has 0 aromatic heterocycles. The number of nitrogens with one attached hydrogen (secondary N) is 1. The molecule has 3 N–H and O–H groups in total. The summed E-state index contributed by atoms with van der Waals surface area (Å²) in [4.78, 5) is 36.8. The highest BCUT2D eigenvalue weighted by atomic mass is 16.5. The quantitative estimate of drug-likeness (QED) is 0.560. The zero-order chi connectivity index (χ0) is 22.4. The molecule has 2 aromatic carbocycles. The second-order valence-electron chi connectivity index (χ2n) is 7.29. The van der Waals surface area contributed by atoms with Crippen LogP contribution in [0.1, 0.15) is 23.1 Å². The van der Waals surface area contributed by atoms with Crippen molar-refractivity contribution in [2.75, 3.05) is 13.1 Å². The van der Waals surface area contributed by atoms with Crippen molar-refractivity contribution in [2.45, 2.75) is 26.5 Å². The number of carboxylic acids is 1. The largest absolute Gasteiger partial charge is 0.511 e. The third-order valence-electron chi connectivity index (χ3n) is 4.86. The number of benzene rings is 2. The number of aliphatic hydroxyl groups is 1. The Morgan fingerprint density at radius 2 is 1.71 bits per heavy atom. The van der Waals surface area contributed by atoms with Crippen molar-refractivity contribution in [3.05, 3.63) is 76.6 Å². The Morgan fingerprint density at radius 3 is 2.35 bits per heavy atom. The second kappa shape index (κ2) is 9.80. The molecule has 0 saturated heterocycles. The summed E-state index contributed by atoms with van der Waals surface area (Å²) in [5.74, 6) is -2.40. The number of aryl methyl sites for hydroxylation is 1. The highest BCUT2D eigenvalue weighted by Crippen LogP contribution is 2.21. The molecule has 0 aliphatic carbocycles. The van der Waals surface area contributed by atoms with Crippen LogP contribution in [-0.4, -0.2) is 46.0 Å². The van der Waals surface area contributed by atoms with Crippen molar-refractivity contribution < 1.29 is 29.3 Å². The SMILES string of the molecule is Cc1ccc(COc2ccc(CN3CCC(O)=C(C(=O)NCC(=O)O)C3=O)cc2)cc1. The van der Waals surface area contributed by atoms with E-state index in [1.165, 1.54) is 10.5 Å². The third kappa shape index (κ3) is 5.85. The van der Waals surface area contributed by atoms with Crippen LogP contribution >= 0.6 is 0 Å². The van der Waals surface area contributed by atoms with E-state index in [-0.39, 0.29) is 25.3 Å². The van der Waals surface area contributed by atoms with Gasteiger partial charge in [-0.2, -0.15) is 0 Å². The minimum absolute atomic E-state index is 0.124. The fourth-order valence-corrected chi connectivity index (χ4v) is 3.13. The van der Waals surface area contributed by atoms with Gasteiger partial charge in [-0.15, -0.1) is 0 Å². The molecule has 0 unspecified atom stereocenters. The first-order valence-electron chi connectivity index (χ1n) is 9.82. The molecule has 2 aromatic rings. The number of aliphatic carboxylic acids is 1. The van der Waals surface area contributed by atoms with Crippen molar-refractivity contribution in [2.24, 2.45) is 0 Å². The van der Waals surface area contributed by atoms with E-state index in [4.69, 9.17) is 9.84 Å². The van der Waals surface area contributed by atoms with Crippen LogP contribution in [0.5, 0.6) is 5.75 Å². The third-order valence-corrected chi connectivity index (χ3v) is 4.86. The maximum Gasteiger partial charge on any atom is 0.322 e. The van der Waals surface area contributed by atoms with Crippen molar-refractivity contribution in [3.8, 4) is 5.75 Å². The summed E-state index contributed by atoms with van der Waals surface area (Å²) in [5, 5.41) is 20.8. The molecule has 3 rings (SSSR count). The molecule has 0 spiro atoms. The Hall–Kier alpha value is -3.81. The van der Waals surface area contributed by atoms with E-state index < -0.39 is 29.9 Å². The van der Waals surface area contributed by atoms with E-state index in [0.29, 0.717) is 12.4 Å². The predicted molar refractivity (Wildman–Crippen MR) is 112 cm³/mol. The van der Waals surface area contributed by atoms with Gasteiger partial charge in [0.2, 0.25) is 0 Å². The Morgan fingerprint density at radius 1 is 1.06 bits per heavy atom. The molecule has 31 heavy (non-hydrogen) atoms. The topological polar surface area (TPSA) is 116 Å². The van der Waals surface area contributed by atoms with Gasteiger partial charge >= 0.3 is 5.97 Å². The molecule has 0 bridgehead atoms. The van der Waals surface area contributed by atoms with Gasteiger partial charge in [0.25, 0.3) is 11.8 Å². The fraction of sp³-hybridized carbons (Fsp3) is 0.261. The van der Waals surface area contributed by atoms with Gasteiger partial charge in [0, 0.05) is 19.5 Å². The number of hydrogen-bond acceptors (Lipinski definition) is 5. The molecule has 0 fully saturated rings. The number of aliphatic hydroxyl groups excluding tert-OH is 1. The molecule has 0 saturated carbocycles. The van der Waals surface area contributed by atoms with Crippen LogP contribution in [0.2, 0.25) is 0 Å². The van der Waals surface area contributed by atoms with Gasteiger partial charge in [-0.3, -0.25) is 14.4 Å². The van der Waals surface area contributed by atoms with Crippen molar-refractivity contribution >= 4 is 17.8 Å². The number of rotatable bonds is 8. The average molecular weight is 424 g/mol. The number of nitrogens with zero attached hydrogens (tertiary/aromatic N) is 1. The fourth-order valence-electron chi connectivity index (χ4n) is 3.13. The van der Waals surface area contributed by atoms with Gasteiger partial charge in [0.1, 0.15) is 30.2 Å². The summed E-state index contributed by atoms with van der Waals surface area (Å²) in [6.45, 7) is 2.35. The minimum Gasteiger partial charge on any atom is -0.511 e. The van der Waals surface area contributed by atoms with E-state index in [2.05, 4.69) is 5.32 Å². The molecular formula is C23H24N2O6. The van der Waals surface area contributed by atoms with Crippen LogP contribution in [0, 0.1) is 6.92 Å². The smallest absolute Gasteiger partial charge is 0.322 e. The van der Waals surface area contributed by atoms with Crippen LogP contribution in [0.25, 0.3) is 0 Å². The lowest BCUT2D eigenvalue weighted by Gasteiger charge is -2.28. The van der Waals surface area contributed by atoms with Gasteiger partial charge in [-0.25, -0.2) is 0 Å². The zero-order valence-electron chi connectivity index (χ0n) is 17.1. The lowest BCUT2D eigenvalue weighted by molar-refractivity contribution is -0.138. The second-order valence-corrected chi connectivity index (χ2v) is 7.29. The molecule has 1 aliphatic heterocycles. The molecule has 162 valence electrons. The van der Waals surface area contributed by atoms with E-state index >= 15 is 0 Å². The first kappa shape index (κ1) is 21.9. The van der Waals surface area contributed by atoms with Crippen molar-refractivity contribution in [1.82, 2.24) is 10.2 Å². The molecule has 2 amide bonds. The molecule has 1 heterocycles. The van der Waals surface area contributed by atoms with E-state index in [1.54, 1.807) is 0 Å². The monoisotopic (exact) mass is 424 g/mol. The summed E-state index contributed by atoms with van der Waals surface area (Å²) >= 11 is 0. The van der Waals surface area contributed by atoms with Gasteiger partial charge < -0.3 is 25.2 Å². The zero-order valence-corrected chi connectivity index (χ0v) is 17.1. The maximum absolute atomic E-state index is 12.7. The van der Waals surface area contributed by atoms with Gasteiger partial charge in [0.15, 0.2) is 0 Å². The summed E-state index contributed by atoms with van der Waals surface area (Å²) in [6, 6.07) is 15.4. The van der Waals surface area contributed by atoms with Gasteiger partial charge in [0.05, 0.1) is 0 Å². The molecular weight excluding hydrogens is 400 g/mol. The lowest BCUT2D eigenvalue weighted by Crippen LogP contribution is -2.43. The van der Waals surface area contributed by atoms with Gasteiger partial charge in [-0.1, -0.05) is 42.0 Å². The number of carbonyl (C=O) groups excluding carboxylic acids is 2. The van der Waals surface area contributed by atoms with Gasteiger partial charge in [-0.05, 0) is 30.2 Å². The Labute approximate surface area is 179 Å². The van der Waals surface area contributed by atoms with Crippen molar-refractivity contribution in [1.29, 1.82) is 0 Å². The summed E-state index contributed by atoms with van der Waals surface area (Å²) < 4.78 is 5.78. The Kier molecular flexibility index (Phi) is 6.92. The number of carboxylic acid groups (broad SMARTS) is 1. The normalized spacial score (nSPS) is 13.8. The lowest BCUT2D eigenvalue weighted by atomic mass is 10.0. The number of amides is 2. The standard InChI is InChI=1S/C23H24N2O6/c1-15-2-4-17(5-3-15)14-31-18-8-6-16(7-9-18)13-25-11-10-19(26)21(23(25)30)22(29)24-12-20(27)28/h2-9,26H,10-14H2,1H3,(H,24,29)(H,27,28). The average Bonchev–Trinajstić information content (AvgIpc) is 2.75. The minimum atomic E-state index is -1.24. The van der Waals surface area contributed by atoms with Crippen LogP contribution < -0.4 is 10.1 Å². The van der Waals surface area contributed by atoms with E-state index in [0.717, 1.165) is 11.1 Å². The van der Waals surface area contributed by atoms with E-state index in [1.807, 2.05) is 55.5 Å². The maximum atomic E-state index is 12.7.